The largest absolute Gasteiger partial charge is 0.418 e. The van der Waals surface area contributed by atoms with Crippen LogP contribution in [0.1, 0.15) is 25.2 Å². The van der Waals surface area contributed by atoms with Crippen molar-refractivity contribution in [1.82, 2.24) is 19.9 Å². The number of nitrogens with one attached hydrogen (secondary N) is 1. The Kier molecular flexibility index (Phi) is 6.88. The number of nitrogens with zero attached hydrogens (tertiary/aromatic N) is 4. The van der Waals surface area contributed by atoms with Gasteiger partial charge in [0.05, 0.1) is 16.6 Å². The fourth-order valence-electron chi connectivity index (χ4n) is 3.28. The molecule has 3 aromatic heterocycles. The number of hydrogen-bond donors (Lipinski definition) is 1. The molecule has 0 aliphatic rings. The standard InChI is InChI=1S/C24H20F5N5O/c1-13(2)11-35-12-20-33-22(31-14-5-7-17(25)18(26)10-14)15-6-8-19(32-23(15)34-20)21-16(24(27,28)29)4-3-9-30-21/h3-10,13H,11-12H2,1-2H3,(H,31,32,33,34). The number of aromatic nitrogens is 4. The van der Waals surface area contributed by atoms with E-state index in [2.05, 4.69) is 25.3 Å². The predicted molar refractivity (Wildman–Crippen MR) is 120 cm³/mol. The molecule has 182 valence electrons. The lowest BCUT2D eigenvalue weighted by molar-refractivity contribution is -0.137. The second-order valence-electron chi connectivity index (χ2n) is 8.12. The zero-order chi connectivity index (χ0) is 25.2. The van der Waals surface area contributed by atoms with E-state index in [9.17, 15) is 22.0 Å². The van der Waals surface area contributed by atoms with Crippen molar-refractivity contribution in [3.63, 3.8) is 0 Å². The lowest BCUT2D eigenvalue weighted by Gasteiger charge is -2.14. The average molecular weight is 489 g/mol. The van der Waals surface area contributed by atoms with E-state index in [0.29, 0.717) is 12.0 Å². The summed E-state index contributed by atoms with van der Waals surface area (Å²) in [6.45, 7) is 4.39. The second kappa shape index (κ2) is 9.87. The summed E-state index contributed by atoms with van der Waals surface area (Å²) in [7, 11) is 0. The van der Waals surface area contributed by atoms with Gasteiger partial charge < -0.3 is 10.1 Å². The molecule has 0 aliphatic heterocycles. The quantitative estimate of drug-likeness (QED) is 0.307. The van der Waals surface area contributed by atoms with Gasteiger partial charge in [-0.05, 0) is 42.3 Å². The molecule has 0 radical (unpaired) electrons. The third-order valence-electron chi connectivity index (χ3n) is 4.83. The highest BCUT2D eigenvalue weighted by Crippen LogP contribution is 2.36. The van der Waals surface area contributed by atoms with E-state index in [0.717, 1.165) is 18.2 Å². The van der Waals surface area contributed by atoms with Crippen molar-refractivity contribution in [1.29, 1.82) is 0 Å². The van der Waals surface area contributed by atoms with Gasteiger partial charge in [0.25, 0.3) is 0 Å². The lowest BCUT2D eigenvalue weighted by atomic mass is 10.1. The van der Waals surface area contributed by atoms with Crippen molar-refractivity contribution in [2.75, 3.05) is 11.9 Å². The number of halogens is 5. The summed E-state index contributed by atoms with van der Waals surface area (Å²) in [6, 6.07) is 8.24. The zero-order valence-electron chi connectivity index (χ0n) is 18.7. The third-order valence-corrected chi connectivity index (χ3v) is 4.83. The first-order valence-corrected chi connectivity index (χ1v) is 10.6. The Hall–Kier alpha value is -3.73. The maximum absolute atomic E-state index is 13.7. The molecule has 0 amide bonds. The van der Waals surface area contributed by atoms with Crippen LogP contribution in [-0.2, 0) is 17.5 Å². The highest BCUT2D eigenvalue weighted by molar-refractivity contribution is 5.90. The molecule has 35 heavy (non-hydrogen) atoms. The van der Waals surface area contributed by atoms with Gasteiger partial charge >= 0.3 is 6.18 Å². The topological polar surface area (TPSA) is 72.8 Å². The van der Waals surface area contributed by atoms with E-state index < -0.39 is 23.4 Å². The molecule has 0 aliphatic carbocycles. The van der Waals surface area contributed by atoms with Gasteiger partial charge in [-0.15, -0.1) is 0 Å². The highest BCUT2D eigenvalue weighted by Gasteiger charge is 2.34. The first-order valence-electron chi connectivity index (χ1n) is 10.6. The van der Waals surface area contributed by atoms with Crippen LogP contribution in [0.5, 0.6) is 0 Å². The van der Waals surface area contributed by atoms with Crippen LogP contribution in [0.25, 0.3) is 22.4 Å². The van der Waals surface area contributed by atoms with Crippen molar-refractivity contribution in [2.24, 2.45) is 5.92 Å². The van der Waals surface area contributed by atoms with Crippen molar-refractivity contribution < 1.29 is 26.7 Å². The van der Waals surface area contributed by atoms with E-state index in [1.165, 1.54) is 30.5 Å². The molecule has 0 unspecified atom stereocenters. The van der Waals surface area contributed by atoms with E-state index in [4.69, 9.17) is 4.74 Å². The molecular formula is C24H20F5N5O. The van der Waals surface area contributed by atoms with Gasteiger partial charge in [-0.1, -0.05) is 13.8 Å². The summed E-state index contributed by atoms with van der Waals surface area (Å²) in [5.41, 5.74) is -0.998. The van der Waals surface area contributed by atoms with Crippen molar-refractivity contribution >= 4 is 22.5 Å². The van der Waals surface area contributed by atoms with Crippen LogP contribution >= 0.6 is 0 Å². The predicted octanol–water partition coefficient (Wildman–Crippen LogP) is 6.30. The van der Waals surface area contributed by atoms with E-state index in [1.807, 2.05) is 13.8 Å². The van der Waals surface area contributed by atoms with Gasteiger partial charge in [0.2, 0.25) is 0 Å². The minimum atomic E-state index is -4.62. The van der Waals surface area contributed by atoms with Crippen LogP contribution in [0.4, 0.5) is 33.5 Å². The van der Waals surface area contributed by atoms with Gasteiger partial charge in [-0.3, -0.25) is 4.98 Å². The minimum absolute atomic E-state index is 0.0177. The Bertz CT molecular complexity index is 1360. The Morgan fingerprint density at radius 2 is 1.77 bits per heavy atom. The lowest BCUT2D eigenvalue weighted by Crippen LogP contribution is -2.10. The fraction of sp³-hybridized carbons (Fsp3) is 0.250. The monoisotopic (exact) mass is 489 g/mol. The highest BCUT2D eigenvalue weighted by atomic mass is 19.4. The molecule has 1 N–H and O–H groups in total. The summed E-state index contributed by atoms with van der Waals surface area (Å²) in [6.07, 6.45) is -3.38. The van der Waals surface area contributed by atoms with Gasteiger partial charge in [0, 0.05) is 24.6 Å². The normalized spacial score (nSPS) is 11.9. The van der Waals surface area contributed by atoms with Crippen LogP contribution in [0.2, 0.25) is 0 Å². The molecule has 4 aromatic rings. The van der Waals surface area contributed by atoms with E-state index in [1.54, 1.807) is 0 Å². The minimum Gasteiger partial charge on any atom is -0.373 e. The maximum Gasteiger partial charge on any atom is 0.418 e. The molecule has 3 heterocycles. The summed E-state index contributed by atoms with van der Waals surface area (Å²) < 4.78 is 73.2. The molecular weight excluding hydrogens is 469 g/mol. The van der Waals surface area contributed by atoms with Crippen LogP contribution in [0.3, 0.4) is 0 Å². The number of benzene rings is 1. The number of ether oxygens (including phenoxy) is 1. The van der Waals surface area contributed by atoms with E-state index >= 15 is 0 Å². The zero-order valence-corrected chi connectivity index (χ0v) is 18.7. The summed E-state index contributed by atoms with van der Waals surface area (Å²) in [5.74, 6) is -1.38. The summed E-state index contributed by atoms with van der Waals surface area (Å²) >= 11 is 0. The molecule has 0 spiro atoms. The molecule has 0 saturated heterocycles. The molecule has 0 fully saturated rings. The Balaban J connectivity index is 1.80. The average Bonchev–Trinajstić information content (AvgIpc) is 2.80. The molecule has 4 rings (SSSR count). The first kappa shape index (κ1) is 24.4. The fourth-order valence-corrected chi connectivity index (χ4v) is 3.28. The number of pyridine rings is 2. The third kappa shape index (κ3) is 5.68. The number of alkyl halides is 3. The van der Waals surface area contributed by atoms with Crippen molar-refractivity contribution in [3.05, 3.63) is 71.7 Å². The molecule has 0 saturated carbocycles. The second-order valence-corrected chi connectivity index (χ2v) is 8.12. The van der Waals surface area contributed by atoms with Crippen LogP contribution in [0, 0.1) is 17.6 Å². The van der Waals surface area contributed by atoms with Gasteiger partial charge in [-0.25, -0.2) is 23.7 Å². The smallest absolute Gasteiger partial charge is 0.373 e. The Morgan fingerprint density at radius 3 is 2.49 bits per heavy atom. The number of anilines is 2. The first-order chi connectivity index (χ1) is 16.6. The van der Waals surface area contributed by atoms with Crippen LogP contribution < -0.4 is 5.32 Å². The van der Waals surface area contributed by atoms with Crippen molar-refractivity contribution in [3.8, 4) is 11.4 Å². The number of fused-ring (bicyclic) bond motifs is 1. The van der Waals surface area contributed by atoms with Crippen LogP contribution in [0.15, 0.2) is 48.7 Å². The molecule has 11 heteroatoms. The van der Waals surface area contributed by atoms with E-state index in [-0.39, 0.29) is 46.9 Å². The van der Waals surface area contributed by atoms with Crippen LogP contribution in [-0.4, -0.2) is 26.5 Å². The van der Waals surface area contributed by atoms with Gasteiger partial charge in [0.1, 0.15) is 18.1 Å². The Labute approximate surface area is 197 Å². The summed E-state index contributed by atoms with van der Waals surface area (Å²) in [4.78, 5) is 17.0. The Morgan fingerprint density at radius 1 is 0.971 bits per heavy atom. The SMILES string of the molecule is CC(C)COCc1nc(Nc2ccc(F)c(F)c2)c2ccc(-c3ncccc3C(F)(F)F)nc2n1. The van der Waals surface area contributed by atoms with Crippen molar-refractivity contribution in [2.45, 2.75) is 26.6 Å². The summed E-state index contributed by atoms with van der Waals surface area (Å²) in [5, 5.41) is 3.26. The molecule has 0 atom stereocenters. The molecule has 6 nitrogen and oxygen atoms in total. The maximum atomic E-state index is 13.7. The number of hydrogen-bond acceptors (Lipinski definition) is 6. The van der Waals surface area contributed by atoms with Gasteiger partial charge in [0.15, 0.2) is 23.1 Å². The molecule has 0 bridgehead atoms. The van der Waals surface area contributed by atoms with Gasteiger partial charge in [-0.2, -0.15) is 13.2 Å². The molecule has 1 aromatic carbocycles. The number of rotatable bonds is 7.